The second kappa shape index (κ2) is 11.5. The van der Waals surface area contributed by atoms with Crippen molar-refractivity contribution >= 4 is 40.3 Å². The van der Waals surface area contributed by atoms with Gasteiger partial charge in [-0.3, -0.25) is 14.4 Å². The van der Waals surface area contributed by atoms with E-state index in [0.29, 0.717) is 11.3 Å². The van der Waals surface area contributed by atoms with Crippen LogP contribution in [0.2, 0.25) is 0 Å². The number of carbonyl (C=O) groups excluding carboxylic acids is 3. The van der Waals surface area contributed by atoms with Crippen LogP contribution in [0, 0.1) is 5.92 Å². The lowest BCUT2D eigenvalue weighted by atomic mass is 9.95. The van der Waals surface area contributed by atoms with Gasteiger partial charge in [-0.25, -0.2) is 0 Å². The maximum Gasteiger partial charge on any atom is 0.262 e. The van der Waals surface area contributed by atoms with Crippen molar-refractivity contribution in [2.45, 2.75) is 50.8 Å². The molecule has 2 aromatic rings. The van der Waals surface area contributed by atoms with Crippen molar-refractivity contribution in [3.05, 3.63) is 65.7 Å². The monoisotopic (exact) mass is 492 g/mol. The number of nitrogens with one attached hydrogen (secondary N) is 2. The van der Waals surface area contributed by atoms with E-state index in [1.165, 1.54) is 18.2 Å². The van der Waals surface area contributed by atoms with Gasteiger partial charge in [0.05, 0.1) is 6.04 Å². The molecule has 2 aliphatic rings. The van der Waals surface area contributed by atoms with Crippen LogP contribution >= 0.6 is 11.8 Å². The van der Waals surface area contributed by atoms with E-state index in [-0.39, 0.29) is 36.1 Å². The molecule has 0 aliphatic carbocycles. The molecule has 3 amide bonds. The van der Waals surface area contributed by atoms with Crippen LogP contribution in [0.4, 0.5) is 5.69 Å². The molecule has 4 rings (SSSR count). The molecular formula is C27H32N4O3S. The summed E-state index contributed by atoms with van der Waals surface area (Å²) in [6, 6.07) is 16.6. The third kappa shape index (κ3) is 6.51. The molecule has 2 atom stereocenters. The molecule has 184 valence electrons. The van der Waals surface area contributed by atoms with E-state index in [4.69, 9.17) is 0 Å². The van der Waals surface area contributed by atoms with E-state index >= 15 is 0 Å². The smallest absolute Gasteiger partial charge is 0.262 e. The minimum absolute atomic E-state index is 0.0458. The number of hydrogen-bond donors (Lipinski definition) is 2. The van der Waals surface area contributed by atoms with Gasteiger partial charge in [0, 0.05) is 30.8 Å². The van der Waals surface area contributed by atoms with Crippen LogP contribution < -0.4 is 10.6 Å². The van der Waals surface area contributed by atoms with Gasteiger partial charge in [-0.15, -0.1) is 0 Å². The van der Waals surface area contributed by atoms with Crippen LogP contribution in [0.3, 0.4) is 0 Å². The SMILES string of the molecule is CC(C)[C@@H](NC(=O)c1cccc(NC(=O)C[C@@H]2SC(N3CCCCC3)=NC2=O)c1)c1ccccc1. The Bertz CT molecular complexity index is 1100. The van der Waals surface area contributed by atoms with Crippen molar-refractivity contribution < 1.29 is 14.4 Å². The lowest BCUT2D eigenvalue weighted by Gasteiger charge is -2.27. The number of amides is 3. The standard InChI is InChI=1S/C27H32N4O3S/c1-18(2)24(19-10-5-3-6-11-19)29-25(33)20-12-9-13-21(16-20)28-23(32)17-22-26(34)30-27(35-22)31-14-7-4-8-15-31/h3,5-6,9-13,16,18,22,24H,4,7-8,14-15,17H2,1-2H3,(H,28,32)(H,29,33)/t22-,24+/m0/s1. The van der Waals surface area contributed by atoms with Crippen LogP contribution in [0.15, 0.2) is 59.6 Å². The van der Waals surface area contributed by atoms with Gasteiger partial charge in [-0.2, -0.15) is 4.99 Å². The Morgan fingerprint density at radius 1 is 1.06 bits per heavy atom. The van der Waals surface area contributed by atoms with Crippen LogP contribution in [-0.2, 0) is 9.59 Å². The Morgan fingerprint density at radius 2 is 1.80 bits per heavy atom. The van der Waals surface area contributed by atoms with Gasteiger partial charge in [-0.1, -0.05) is 62.0 Å². The van der Waals surface area contributed by atoms with Crippen molar-refractivity contribution in [1.82, 2.24) is 10.2 Å². The molecule has 0 aromatic heterocycles. The predicted molar refractivity (Wildman–Crippen MR) is 140 cm³/mol. The van der Waals surface area contributed by atoms with Gasteiger partial charge in [0.2, 0.25) is 5.91 Å². The quantitative estimate of drug-likeness (QED) is 0.588. The lowest BCUT2D eigenvalue weighted by molar-refractivity contribution is -0.121. The van der Waals surface area contributed by atoms with Gasteiger partial charge in [0.1, 0.15) is 5.25 Å². The third-order valence-corrected chi connectivity index (χ3v) is 7.46. The first-order chi connectivity index (χ1) is 16.9. The zero-order valence-corrected chi connectivity index (χ0v) is 21.0. The molecule has 7 nitrogen and oxygen atoms in total. The van der Waals surface area contributed by atoms with Gasteiger partial charge in [-0.05, 0) is 48.9 Å². The topological polar surface area (TPSA) is 90.9 Å². The predicted octanol–water partition coefficient (Wildman–Crippen LogP) is 4.63. The summed E-state index contributed by atoms with van der Waals surface area (Å²) in [6.07, 6.45) is 3.46. The normalized spacial score (nSPS) is 18.8. The molecular weight excluding hydrogens is 460 g/mol. The van der Waals surface area contributed by atoms with Gasteiger partial charge < -0.3 is 15.5 Å². The average Bonchev–Trinajstić information content (AvgIpc) is 3.23. The molecule has 0 radical (unpaired) electrons. The number of aliphatic imine (C=N–C) groups is 1. The van der Waals surface area contributed by atoms with Crippen molar-refractivity contribution in [2.24, 2.45) is 10.9 Å². The number of carbonyl (C=O) groups is 3. The molecule has 8 heteroatoms. The Morgan fingerprint density at radius 3 is 2.51 bits per heavy atom. The van der Waals surface area contributed by atoms with Crippen molar-refractivity contribution in [2.75, 3.05) is 18.4 Å². The maximum absolute atomic E-state index is 13.0. The molecule has 2 aromatic carbocycles. The first-order valence-electron chi connectivity index (χ1n) is 12.2. The average molecular weight is 493 g/mol. The summed E-state index contributed by atoms with van der Waals surface area (Å²) in [5.41, 5.74) is 2.03. The zero-order chi connectivity index (χ0) is 24.8. The number of thioether (sulfide) groups is 1. The summed E-state index contributed by atoms with van der Waals surface area (Å²) in [7, 11) is 0. The van der Waals surface area contributed by atoms with Crippen LogP contribution in [0.25, 0.3) is 0 Å². The molecule has 35 heavy (non-hydrogen) atoms. The molecule has 0 saturated carbocycles. The fourth-order valence-corrected chi connectivity index (χ4v) is 5.49. The molecule has 0 bridgehead atoms. The minimum atomic E-state index is -0.504. The summed E-state index contributed by atoms with van der Waals surface area (Å²) in [5, 5.41) is 6.18. The third-order valence-electron chi connectivity index (χ3n) is 6.25. The highest BCUT2D eigenvalue weighted by atomic mass is 32.2. The summed E-state index contributed by atoms with van der Waals surface area (Å²) in [5.74, 6) is -0.514. The largest absolute Gasteiger partial charge is 0.351 e. The number of nitrogens with zero attached hydrogens (tertiary/aromatic N) is 2. The number of piperidine rings is 1. The number of rotatable bonds is 7. The second-order valence-electron chi connectivity index (χ2n) is 9.33. The molecule has 0 spiro atoms. The van der Waals surface area contributed by atoms with E-state index in [1.807, 2.05) is 30.3 Å². The summed E-state index contributed by atoms with van der Waals surface area (Å²) >= 11 is 1.38. The highest BCUT2D eigenvalue weighted by Gasteiger charge is 2.33. The van der Waals surface area contributed by atoms with E-state index in [2.05, 4.69) is 34.4 Å². The second-order valence-corrected chi connectivity index (χ2v) is 10.5. The number of anilines is 1. The maximum atomic E-state index is 13.0. The highest BCUT2D eigenvalue weighted by molar-refractivity contribution is 8.15. The molecule has 2 N–H and O–H groups in total. The van der Waals surface area contributed by atoms with Gasteiger partial charge >= 0.3 is 0 Å². The van der Waals surface area contributed by atoms with Crippen LogP contribution in [0.5, 0.6) is 0 Å². The van der Waals surface area contributed by atoms with Crippen LogP contribution in [0.1, 0.15) is 61.5 Å². The van der Waals surface area contributed by atoms with Crippen LogP contribution in [-0.4, -0.2) is 46.1 Å². The Hall–Kier alpha value is -3.13. The van der Waals surface area contributed by atoms with Gasteiger partial charge in [0.15, 0.2) is 5.17 Å². The molecule has 0 unspecified atom stereocenters. The molecule has 2 heterocycles. The summed E-state index contributed by atoms with van der Waals surface area (Å²) in [4.78, 5) is 44.4. The van der Waals surface area contributed by atoms with E-state index in [9.17, 15) is 14.4 Å². The zero-order valence-electron chi connectivity index (χ0n) is 20.2. The number of amidine groups is 1. The fourth-order valence-electron chi connectivity index (χ4n) is 4.37. The number of likely N-dealkylation sites (tertiary alicyclic amines) is 1. The molecule has 1 saturated heterocycles. The minimum Gasteiger partial charge on any atom is -0.351 e. The van der Waals surface area contributed by atoms with E-state index in [0.717, 1.165) is 36.7 Å². The Kier molecular flexibility index (Phi) is 8.23. The fraction of sp³-hybridized carbons (Fsp3) is 0.407. The molecule has 1 fully saturated rings. The van der Waals surface area contributed by atoms with Crippen molar-refractivity contribution in [3.63, 3.8) is 0 Å². The first-order valence-corrected chi connectivity index (χ1v) is 13.1. The van der Waals surface area contributed by atoms with E-state index in [1.54, 1.807) is 24.3 Å². The summed E-state index contributed by atoms with van der Waals surface area (Å²) < 4.78 is 0. The number of hydrogen-bond acceptors (Lipinski definition) is 5. The van der Waals surface area contributed by atoms with Gasteiger partial charge in [0.25, 0.3) is 11.8 Å². The summed E-state index contributed by atoms with van der Waals surface area (Å²) in [6.45, 7) is 5.96. The highest BCUT2D eigenvalue weighted by Crippen LogP contribution is 2.29. The lowest BCUT2D eigenvalue weighted by Crippen LogP contribution is -2.33. The number of benzene rings is 2. The Balaban J connectivity index is 1.34. The van der Waals surface area contributed by atoms with Crippen molar-refractivity contribution in [3.8, 4) is 0 Å². The molecule has 2 aliphatic heterocycles. The van der Waals surface area contributed by atoms with E-state index < -0.39 is 5.25 Å². The van der Waals surface area contributed by atoms with Crippen molar-refractivity contribution in [1.29, 1.82) is 0 Å². The Labute approximate surface area is 210 Å². The first kappa shape index (κ1) is 25.0.